The fraction of sp³-hybridized carbons (Fsp3) is 0.385. The summed E-state index contributed by atoms with van der Waals surface area (Å²) in [5.74, 6) is 0.358. The first-order valence-corrected chi connectivity index (χ1v) is 11.7. The molecule has 33 heavy (non-hydrogen) atoms. The van der Waals surface area contributed by atoms with Crippen LogP contribution in [0.3, 0.4) is 0 Å². The zero-order chi connectivity index (χ0) is 22.9. The first kappa shape index (κ1) is 21.4. The van der Waals surface area contributed by atoms with Crippen molar-refractivity contribution in [3.05, 3.63) is 77.4 Å². The van der Waals surface area contributed by atoms with Gasteiger partial charge in [-0.3, -0.25) is 14.3 Å². The van der Waals surface area contributed by atoms with Gasteiger partial charge in [-0.05, 0) is 62.6 Å². The molecule has 0 bridgehead atoms. The van der Waals surface area contributed by atoms with E-state index in [1.54, 1.807) is 11.2 Å². The monoisotopic (exact) mass is 443 g/mol. The average molecular weight is 444 g/mol. The number of benzene rings is 2. The first-order chi connectivity index (χ1) is 16.0. The van der Waals surface area contributed by atoms with E-state index in [1.165, 1.54) is 0 Å². The van der Waals surface area contributed by atoms with Crippen molar-refractivity contribution in [2.45, 2.75) is 57.5 Å². The molecular formula is C26H29N5O2. The van der Waals surface area contributed by atoms with Gasteiger partial charge in [-0.1, -0.05) is 31.0 Å². The predicted octanol–water partition coefficient (Wildman–Crippen LogP) is 4.32. The summed E-state index contributed by atoms with van der Waals surface area (Å²) in [5, 5.41) is 7.85. The average Bonchev–Trinajstić information content (AvgIpc) is 3.58. The molecular weight excluding hydrogens is 414 g/mol. The summed E-state index contributed by atoms with van der Waals surface area (Å²) in [5.41, 5.74) is 2.97. The lowest BCUT2D eigenvalue weighted by atomic mass is 9.98. The molecule has 5 rings (SSSR count). The maximum Gasteiger partial charge on any atom is 0.258 e. The fourth-order valence-electron chi connectivity index (χ4n) is 4.79. The number of amides is 2. The van der Waals surface area contributed by atoms with Crippen LogP contribution in [0.1, 0.15) is 83.6 Å². The van der Waals surface area contributed by atoms with Gasteiger partial charge >= 0.3 is 0 Å². The SMILES string of the molecule is CC(C)n1cnc([C@H]2CN(C(=O)c3ccccc3)c3ccc(C(=O)NC4CCCC4)cc32)n1. The lowest BCUT2D eigenvalue weighted by Crippen LogP contribution is -2.32. The van der Waals surface area contributed by atoms with Crippen LogP contribution in [0.25, 0.3) is 0 Å². The summed E-state index contributed by atoms with van der Waals surface area (Å²) in [6.45, 7) is 4.55. The molecule has 0 unspecified atom stereocenters. The molecule has 1 saturated carbocycles. The number of rotatable bonds is 5. The number of hydrogen-bond acceptors (Lipinski definition) is 4. The molecule has 0 saturated heterocycles. The molecule has 2 aromatic carbocycles. The second-order valence-corrected chi connectivity index (χ2v) is 9.24. The van der Waals surface area contributed by atoms with Crippen LogP contribution in [0.15, 0.2) is 54.9 Å². The van der Waals surface area contributed by atoms with Gasteiger partial charge in [0.25, 0.3) is 11.8 Å². The fourth-order valence-corrected chi connectivity index (χ4v) is 4.79. The van der Waals surface area contributed by atoms with Crippen molar-refractivity contribution < 1.29 is 9.59 Å². The summed E-state index contributed by atoms with van der Waals surface area (Å²) < 4.78 is 1.83. The highest BCUT2D eigenvalue weighted by molar-refractivity contribution is 6.08. The highest BCUT2D eigenvalue weighted by atomic mass is 16.2. The third-order valence-corrected chi connectivity index (χ3v) is 6.64. The number of nitrogens with zero attached hydrogens (tertiary/aromatic N) is 4. The van der Waals surface area contributed by atoms with Gasteiger partial charge in [0.15, 0.2) is 5.82 Å². The van der Waals surface area contributed by atoms with Gasteiger partial charge in [0.2, 0.25) is 0 Å². The van der Waals surface area contributed by atoms with Gasteiger partial charge in [-0.25, -0.2) is 4.98 Å². The van der Waals surface area contributed by atoms with Crippen LogP contribution in [0.5, 0.6) is 0 Å². The second kappa shape index (κ2) is 8.81. The number of anilines is 1. The van der Waals surface area contributed by atoms with Crippen molar-refractivity contribution >= 4 is 17.5 Å². The Hall–Kier alpha value is -3.48. The minimum absolute atomic E-state index is 0.0584. The molecule has 1 N–H and O–H groups in total. The van der Waals surface area contributed by atoms with Crippen LogP contribution >= 0.6 is 0 Å². The Balaban J connectivity index is 1.50. The predicted molar refractivity (Wildman–Crippen MR) is 127 cm³/mol. The third-order valence-electron chi connectivity index (χ3n) is 6.64. The second-order valence-electron chi connectivity index (χ2n) is 9.24. The van der Waals surface area contributed by atoms with Gasteiger partial charge in [0.1, 0.15) is 6.33 Å². The Morgan fingerprint density at radius 3 is 2.48 bits per heavy atom. The van der Waals surface area contributed by atoms with E-state index in [0.29, 0.717) is 23.5 Å². The Morgan fingerprint density at radius 1 is 1.03 bits per heavy atom. The topological polar surface area (TPSA) is 80.1 Å². The molecule has 1 aliphatic heterocycles. The van der Waals surface area contributed by atoms with Crippen LogP contribution in [-0.2, 0) is 0 Å². The van der Waals surface area contributed by atoms with E-state index in [-0.39, 0.29) is 29.8 Å². The van der Waals surface area contributed by atoms with Crippen molar-refractivity contribution in [1.29, 1.82) is 0 Å². The van der Waals surface area contributed by atoms with E-state index in [9.17, 15) is 9.59 Å². The molecule has 7 heteroatoms. The van der Waals surface area contributed by atoms with E-state index < -0.39 is 0 Å². The van der Waals surface area contributed by atoms with Gasteiger partial charge in [-0.15, -0.1) is 0 Å². The molecule has 1 aliphatic carbocycles. The Morgan fingerprint density at radius 2 is 1.79 bits per heavy atom. The van der Waals surface area contributed by atoms with Crippen LogP contribution in [0.4, 0.5) is 5.69 Å². The molecule has 2 heterocycles. The summed E-state index contributed by atoms with van der Waals surface area (Å²) in [6, 6.07) is 15.3. The maximum absolute atomic E-state index is 13.3. The standard InChI is InChI=1S/C26H29N5O2/c1-17(2)31-16-27-24(29-31)22-15-30(26(33)18-8-4-3-5-9-18)23-13-12-19(14-21(22)23)25(32)28-20-10-6-7-11-20/h3-5,8-9,12-14,16-17,20,22H,6-7,10-11,15H2,1-2H3,(H,28,32)/t22-/m0/s1. The number of aromatic nitrogens is 3. The van der Waals surface area contributed by atoms with Gasteiger partial charge in [0.05, 0.1) is 5.92 Å². The van der Waals surface area contributed by atoms with E-state index in [0.717, 1.165) is 36.9 Å². The summed E-state index contributed by atoms with van der Waals surface area (Å²) in [7, 11) is 0. The van der Waals surface area contributed by atoms with Gasteiger partial charge in [0, 0.05) is 35.4 Å². The zero-order valence-electron chi connectivity index (χ0n) is 19.1. The molecule has 7 nitrogen and oxygen atoms in total. The highest BCUT2D eigenvalue weighted by Gasteiger charge is 2.36. The minimum Gasteiger partial charge on any atom is -0.349 e. The molecule has 2 aliphatic rings. The van der Waals surface area contributed by atoms with E-state index in [4.69, 9.17) is 0 Å². The molecule has 0 spiro atoms. The Bertz CT molecular complexity index is 1160. The quantitative estimate of drug-likeness (QED) is 0.637. The van der Waals surface area contributed by atoms with Crippen LogP contribution in [-0.4, -0.2) is 39.2 Å². The van der Waals surface area contributed by atoms with Crippen molar-refractivity contribution in [3.8, 4) is 0 Å². The van der Waals surface area contributed by atoms with Crippen LogP contribution in [0.2, 0.25) is 0 Å². The lowest BCUT2D eigenvalue weighted by molar-refractivity contribution is 0.0936. The van der Waals surface area contributed by atoms with Crippen LogP contribution in [0, 0.1) is 0 Å². The Kier molecular flexibility index (Phi) is 5.70. The molecule has 170 valence electrons. The minimum atomic E-state index is -0.188. The third kappa shape index (κ3) is 4.15. The molecule has 1 aromatic heterocycles. The number of hydrogen-bond donors (Lipinski definition) is 1. The number of fused-ring (bicyclic) bond motifs is 1. The molecule has 1 atom stereocenters. The maximum atomic E-state index is 13.3. The van der Waals surface area contributed by atoms with Gasteiger partial charge in [-0.2, -0.15) is 5.10 Å². The smallest absolute Gasteiger partial charge is 0.258 e. The number of nitrogens with one attached hydrogen (secondary N) is 1. The van der Waals surface area contributed by atoms with Crippen molar-refractivity contribution in [2.75, 3.05) is 11.4 Å². The molecule has 1 fully saturated rings. The summed E-state index contributed by atoms with van der Waals surface area (Å²) in [4.78, 5) is 32.6. The first-order valence-electron chi connectivity index (χ1n) is 11.7. The number of carbonyl (C=O) groups is 2. The van der Waals surface area contributed by atoms with Crippen molar-refractivity contribution in [2.24, 2.45) is 0 Å². The van der Waals surface area contributed by atoms with Crippen molar-refractivity contribution in [1.82, 2.24) is 20.1 Å². The highest BCUT2D eigenvalue weighted by Crippen LogP contribution is 2.40. The van der Waals surface area contributed by atoms with Crippen LogP contribution < -0.4 is 10.2 Å². The number of carbonyl (C=O) groups excluding carboxylic acids is 2. The summed E-state index contributed by atoms with van der Waals surface area (Å²) in [6.07, 6.45) is 6.14. The Labute approximate surface area is 193 Å². The van der Waals surface area contributed by atoms with E-state index >= 15 is 0 Å². The van der Waals surface area contributed by atoms with E-state index in [2.05, 4.69) is 29.2 Å². The molecule has 2 amide bonds. The van der Waals surface area contributed by atoms with Crippen molar-refractivity contribution in [3.63, 3.8) is 0 Å². The normalized spacial score (nSPS) is 18.0. The summed E-state index contributed by atoms with van der Waals surface area (Å²) >= 11 is 0. The molecule has 3 aromatic rings. The molecule has 0 radical (unpaired) electrons. The van der Waals surface area contributed by atoms with E-state index in [1.807, 2.05) is 53.2 Å². The largest absolute Gasteiger partial charge is 0.349 e. The van der Waals surface area contributed by atoms with Gasteiger partial charge < -0.3 is 10.2 Å². The lowest BCUT2D eigenvalue weighted by Gasteiger charge is -2.18. The zero-order valence-corrected chi connectivity index (χ0v) is 19.1.